The van der Waals surface area contributed by atoms with E-state index in [1.54, 1.807) is 0 Å². The van der Waals surface area contributed by atoms with Crippen molar-refractivity contribution in [3.63, 3.8) is 0 Å². The minimum atomic E-state index is -2.05. The van der Waals surface area contributed by atoms with Crippen molar-refractivity contribution in [2.24, 2.45) is 5.92 Å². The first kappa shape index (κ1) is 11.0. The molecule has 1 saturated carbocycles. The maximum absolute atomic E-state index is 11.4. The van der Waals surface area contributed by atoms with Gasteiger partial charge in [-0.1, -0.05) is 0 Å². The summed E-state index contributed by atoms with van der Waals surface area (Å²) in [5.74, 6) is -2.28. The van der Waals surface area contributed by atoms with Gasteiger partial charge >= 0.3 is 0 Å². The number of carbonyl (C=O) groups excluding carboxylic acids is 3. The molecule has 1 N–H and O–H groups in total. The van der Waals surface area contributed by atoms with Crippen LogP contribution in [-0.2, 0) is 14.4 Å². The lowest BCUT2D eigenvalue weighted by Gasteiger charge is -2.34. The fourth-order valence-corrected chi connectivity index (χ4v) is 2.00. The lowest BCUT2D eigenvalue weighted by atomic mass is 9.71. The van der Waals surface area contributed by atoms with Gasteiger partial charge in [-0.15, -0.1) is 0 Å². The van der Waals surface area contributed by atoms with Crippen LogP contribution in [0.4, 0.5) is 0 Å². The molecule has 0 spiro atoms. The van der Waals surface area contributed by atoms with Gasteiger partial charge in [0.15, 0.2) is 17.2 Å². The van der Waals surface area contributed by atoms with Crippen LogP contribution in [0.5, 0.6) is 0 Å². The second kappa shape index (κ2) is 3.61. The Morgan fingerprint density at radius 2 is 2.00 bits per heavy atom. The van der Waals surface area contributed by atoms with E-state index in [9.17, 15) is 19.5 Å². The van der Waals surface area contributed by atoms with E-state index in [4.69, 9.17) is 0 Å². The van der Waals surface area contributed by atoms with Crippen molar-refractivity contribution in [2.45, 2.75) is 38.7 Å². The first-order valence-corrected chi connectivity index (χ1v) is 4.68. The van der Waals surface area contributed by atoms with Gasteiger partial charge in [-0.2, -0.15) is 0 Å². The van der Waals surface area contributed by atoms with E-state index in [0.29, 0.717) is 12.8 Å². The molecule has 0 aromatic heterocycles. The van der Waals surface area contributed by atoms with Crippen LogP contribution >= 0.6 is 0 Å². The Balaban J connectivity index is 3.10. The molecule has 78 valence electrons. The maximum atomic E-state index is 11.4. The van der Waals surface area contributed by atoms with Crippen molar-refractivity contribution in [3.8, 4) is 0 Å². The summed E-state index contributed by atoms with van der Waals surface area (Å²) >= 11 is 0. The molecule has 0 bridgehead atoms. The number of rotatable bonds is 2. The van der Waals surface area contributed by atoms with E-state index in [1.165, 1.54) is 6.92 Å². The summed E-state index contributed by atoms with van der Waals surface area (Å²) in [7, 11) is 0. The molecule has 2 atom stereocenters. The minimum Gasteiger partial charge on any atom is -0.374 e. The SMILES string of the molecule is CC(=O)C1CCCC(=O)C1(O)C(C)=O. The van der Waals surface area contributed by atoms with Crippen LogP contribution in [0.25, 0.3) is 0 Å². The summed E-state index contributed by atoms with van der Waals surface area (Å²) in [6.45, 7) is 2.45. The minimum absolute atomic E-state index is 0.180. The summed E-state index contributed by atoms with van der Waals surface area (Å²) in [6, 6.07) is 0. The zero-order chi connectivity index (χ0) is 10.9. The largest absolute Gasteiger partial charge is 0.374 e. The third kappa shape index (κ3) is 1.50. The highest BCUT2D eigenvalue weighted by atomic mass is 16.3. The Bertz CT molecular complexity index is 294. The Hall–Kier alpha value is -1.03. The van der Waals surface area contributed by atoms with Gasteiger partial charge in [0.25, 0.3) is 0 Å². The Labute approximate surface area is 82.3 Å². The van der Waals surface area contributed by atoms with Crippen LogP contribution in [0.15, 0.2) is 0 Å². The van der Waals surface area contributed by atoms with Crippen molar-refractivity contribution in [1.29, 1.82) is 0 Å². The highest BCUT2D eigenvalue weighted by Crippen LogP contribution is 2.32. The van der Waals surface area contributed by atoms with Gasteiger partial charge in [-0.25, -0.2) is 0 Å². The van der Waals surface area contributed by atoms with Crippen LogP contribution in [0.3, 0.4) is 0 Å². The normalized spacial score (nSPS) is 32.8. The maximum Gasteiger partial charge on any atom is 0.190 e. The average Bonchev–Trinajstić information content (AvgIpc) is 2.08. The molecular weight excluding hydrogens is 184 g/mol. The lowest BCUT2D eigenvalue weighted by Crippen LogP contribution is -2.56. The number of hydrogen-bond acceptors (Lipinski definition) is 4. The smallest absolute Gasteiger partial charge is 0.190 e. The van der Waals surface area contributed by atoms with Crippen LogP contribution in [0.1, 0.15) is 33.1 Å². The highest BCUT2D eigenvalue weighted by molar-refractivity contribution is 6.13. The molecule has 1 aliphatic carbocycles. The summed E-state index contributed by atoms with van der Waals surface area (Å²) in [5.41, 5.74) is -2.05. The number of hydrogen-bond donors (Lipinski definition) is 1. The first-order valence-electron chi connectivity index (χ1n) is 4.68. The summed E-state index contributed by atoms with van der Waals surface area (Å²) in [6.07, 6.45) is 1.16. The summed E-state index contributed by atoms with van der Waals surface area (Å²) in [4.78, 5) is 33.9. The Kier molecular flexibility index (Phi) is 2.85. The van der Waals surface area contributed by atoms with Gasteiger partial charge < -0.3 is 5.11 Å². The van der Waals surface area contributed by atoms with Crippen molar-refractivity contribution in [3.05, 3.63) is 0 Å². The highest BCUT2D eigenvalue weighted by Gasteiger charge is 2.51. The van der Waals surface area contributed by atoms with Gasteiger partial charge in [0.05, 0.1) is 5.92 Å². The zero-order valence-corrected chi connectivity index (χ0v) is 8.37. The van der Waals surface area contributed by atoms with Crippen molar-refractivity contribution < 1.29 is 19.5 Å². The number of ketones is 3. The predicted molar refractivity (Wildman–Crippen MR) is 48.7 cm³/mol. The molecule has 0 saturated heterocycles. The molecular formula is C10H14O4. The topological polar surface area (TPSA) is 71.4 Å². The fraction of sp³-hybridized carbons (Fsp3) is 0.700. The standard InChI is InChI=1S/C10H14O4/c1-6(11)8-4-3-5-9(13)10(8,14)7(2)12/h8,14H,3-5H2,1-2H3. The van der Waals surface area contributed by atoms with E-state index in [2.05, 4.69) is 0 Å². The van der Waals surface area contributed by atoms with Gasteiger partial charge in [-0.3, -0.25) is 14.4 Å². The van der Waals surface area contributed by atoms with Crippen LogP contribution in [0.2, 0.25) is 0 Å². The molecule has 0 heterocycles. The van der Waals surface area contributed by atoms with E-state index in [-0.39, 0.29) is 12.2 Å². The monoisotopic (exact) mass is 198 g/mol. The molecule has 1 fully saturated rings. The third-order valence-electron chi connectivity index (χ3n) is 2.85. The molecule has 1 rings (SSSR count). The summed E-state index contributed by atoms with van der Waals surface area (Å²) in [5, 5.41) is 9.93. The molecule has 0 aromatic rings. The number of aliphatic hydroxyl groups is 1. The predicted octanol–water partition coefficient (Wildman–Crippen LogP) is 0.265. The fourth-order valence-electron chi connectivity index (χ4n) is 2.00. The molecule has 4 nitrogen and oxygen atoms in total. The van der Waals surface area contributed by atoms with Gasteiger partial charge in [0.1, 0.15) is 5.78 Å². The second-order valence-corrected chi connectivity index (χ2v) is 3.80. The van der Waals surface area contributed by atoms with Crippen LogP contribution in [-0.4, -0.2) is 28.1 Å². The first-order chi connectivity index (χ1) is 6.40. The Morgan fingerprint density at radius 1 is 1.43 bits per heavy atom. The van der Waals surface area contributed by atoms with Gasteiger partial charge in [0.2, 0.25) is 0 Å². The average molecular weight is 198 g/mol. The van der Waals surface area contributed by atoms with Crippen molar-refractivity contribution in [1.82, 2.24) is 0 Å². The molecule has 0 amide bonds. The van der Waals surface area contributed by atoms with E-state index >= 15 is 0 Å². The Morgan fingerprint density at radius 3 is 2.36 bits per heavy atom. The molecule has 0 aromatic carbocycles. The molecule has 4 heteroatoms. The molecule has 14 heavy (non-hydrogen) atoms. The quantitative estimate of drug-likeness (QED) is 0.646. The summed E-state index contributed by atoms with van der Waals surface area (Å²) < 4.78 is 0. The van der Waals surface area contributed by atoms with Crippen LogP contribution in [0, 0.1) is 5.92 Å². The molecule has 0 aliphatic heterocycles. The van der Waals surface area contributed by atoms with Crippen molar-refractivity contribution >= 4 is 17.3 Å². The van der Waals surface area contributed by atoms with Gasteiger partial charge in [-0.05, 0) is 26.7 Å². The zero-order valence-electron chi connectivity index (χ0n) is 8.37. The number of Topliss-reactive ketones (excluding diaryl/α,β-unsaturated/α-hetero) is 3. The lowest BCUT2D eigenvalue weighted by molar-refractivity contribution is -0.163. The third-order valence-corrected chi connectivity index (χ3v) is 2.85. The van der Waals surface area contributed by atoms with Crippen molar-refractivity contribution in [2.75, 3.05) is 0 Å². The molecule has 0 radical (unpaired) electrons. The van der Waals surface area contributed by atoms with E-state index < -0.39 is 23.1 Å². The van der Waals surface area contributed by atoms with E-state index in [1.807, 2.05) is 0 Å². The second-order valence-electron chi connectivity index (χ2n) is 3.80. The number of carbonyl (C=O) groups is 3. The molecule has 2 unspecified atom stereocenters. The van der Waals surface area contributed by atoms with E-state index in [0.717, 1.165) is 6.92 Å². The van der Waals surface area contributed by atoms with Gasteiger partial charge in [0, 0.05) is 6.42 Å². The van der Waals surface area contributed by atoms with Crippen LogP contribution < -0.4 is 0 Å². The molecule has 1 aliphatic rings.